The number of hydrogen-bond donors (Lipinski definition) is 3. The fourth-order valence-corrected chi connectivity index (χ4v) is 5.56. The first-order chi connectivity index (χ1) is 16.4. The molecule has 3 heterocycles. The normalized spacial score (nSPS) is 34.1. The van der Waals surface area contributed by atoms with Gasteiger partial charge in [-0.15, -0.1) is 0 Å². The molecule has 0 aromatic rings. The number of nitrogens with zero attached hydrogens (tertiary/aromatic N) is 3. The number of ether oxygens (including phenoxy) is 2. The van der Waals surface area contributed by atoms with Crippen molar-refractivity contribution in [3.05, 3.63) is 35.6 Å². The molecule has 188 valence electrons. The smallest absolute Gasteiger partial charge is 0.139 e. The molecule has 3 saturated heterocycles. The molecule has 0 radical (unpaired) electrons. The van der Waals surface area contributed by atoms with Gasteiger partial charge < -0.3 is 20.1 Å². The summed E-state index contributed by atoms with van der Waals surface area (Å²) in [5.74, 6) is 1.40. The van der Waals surface area contributed by atoms with E-state index in [9.17, 15) is 4.39 Å². The largest absolute Gasteiger partial charge is 0.489 e. The molecule has 4 N–H and O–H groups in total. The van der Waals surface area contributed by atoms with Crippen LogP contribution in [0.1, 0.15) is 45.4 Å². The van der Waals surface area contributed by atoms with Crippen LogP contribution in [0.15, 0.2) is 40.6 Å². The lowest BCUT2D eigenvalue weighted by Gasteiger charge is -2.37. The number of halogens is 1. The summed E-state index contributed by atoms with van der Waals surface area (Å²) in [5.41, 5.74) is 13.1. The molecule has 4 atom stereocenters. The van der Waals surface area contributed by atoms with Crippen LogP contribution in [0, 0.1) is 5.92 Å². The molecule has 0 amide bonds. The maximum Gasteiger partial charge on any atom is 0.139 e. The lowest BCUT2D eigenvalue weighted by atomic mass is 9.81. The van der Waals surface area contributed by atoms with Crippen LogP contribution in [0.3, 0.4) is 0 Å². The van der Waals surface area contributed by atoms with Gasteiger partial charge in [0.25, 0.3) is 0 Å². The van der Waals surface area contributed by atoms with Crippen molar-refractivity contribution < 1.29 is 13.9 Å². The number of fused-ring (bicyclic) bond motifs is 1. The van der Waals surface area contributed by atoms with Crippen molar-refractivity contribution in [1.29, 1.82) is 0 Å². The van der Waals surface area contributed by atoms with E-state index in [0.29, 0.717) is 24.7 Å². The number of aliphatic imine (C=N–C) groups is 1. The standard InChI is InChI=1S/C25H39FN6O2/c1-17(24-19-13-22(34-25(2)5-6-25)20(26)14-21(19)29-30-24)12-23(28-16-27)32-9-7-31(8-10-32)15-18-4-3-11-33-18/h12,16,18-19,21,24,29-30H,1,3-11,13-15H2,2H3,(H2,27,28)/b23-12+/t18?,19-,21+,24-/m0/s1. The second-order valence-corrected chi connectivity index (χ2v) is 10.6. The van der Waals surface area contributed by atoms with E-state index in [-0.39, 0.29) is 29.4 Å². The number of hydrazine groups is 1. The summed E-state index contributed by atoms with van der Waals surface area (Å²) in [6, 6.07) is 0.00445. The predicted octanol–water partition coefficient (Wildman–Crippen LogP) is 2.17. The van der Waals surface area contributed by atoms with Gasteiger partial charge in [-0.25, -0.2) is 14.8 Å². The highest BCUT2D eigenvalue weighted by Crippen LogP contribution is 2.45. The number of rotatable bonds is 8. The van der Waals surface area contributed by atoms with Gasteiger partial charge in [-0.2, -0.15) is 0 Å². The van der Waals surface area contributed by atoms with Crippen LogP contribution in [-0.4, -0.2) is 79.3 Å². The van der Waals surface area contributed by atoms with Crippen LogP contribution in [0.25, 0.3) is 0 Å². The van der Waals surface area contributed by atoms with E-state index in [1.54, 1.807) is 0 Å². The first-order valence-corrected chi connectivity index (χ1v) is 12.8. The average molecular weight is 475 g/mol. The molecule has 1 saturated carbocycles. The summed E-state index contributed by atoms with van der Waals surface area (Å²) >= 11 is 0. The number of nitrogens with two attached hydrogens (primary N) is 1. The van der Waals surface area contributed by atoms with Crippen LogP contribution in [-0.2, 0) is 9.47 Å². The highest BCUT2D eigenvalue weighted by molar-refractivity contribution is 5.53. The third-order valence-electron chi connectivity index (χ3n) is 7.92. The lowest BCUT2D eigenvalue weighted by molar-refractivity contribution is 0.0560. The van der Waals surface area contributed by atoms with E-state index in [2.05, 4.69) is 39.1 Å². The van der Waals surface area contributed by atoms with Gasteiger partial charge in [0.2, 0.25) is 0 Å². The van der Waals surface area contributed by atoms with Crippen molar-refractivity contribution >= 4 is 6.34 Å². The minimum atomic E-state index is -0.180. The fourth-order valence-electron chi connectivity index (χ4n) is 5.56. The second kappa shape index (κ2) is 9.97. The number of allylic oxidation sites excluding steroid dienone is 1. The molecule has 5 rings (SSSR count). The zero-order valence-corrected chi connectivity index (χ0v) is 20.3. The van der Waals surface area contributed by atoms with Gasteiger partial charge in [-0.1, -0.05) is 6.58 Å². The molecule has 8 nitrogen and oxygen atoms in total. The van der Waals surface area contributed by atoms with Crippen molar-refractivity contribution in [2.45, 2.75) is 69.2 Å². The van der Waals surface area contributed by atoms with E-state index < -0.39 is 0 Å². The highest BCUT2D eigenvalue weighted by Gasteiger charge is 2.46. The van der Waals surface area contributed by atoms with E-state index in [1.165, 1.54) is 19.2 Å². The summed E-state index contributed by atoms with van der Waals surface area (Å²) < 4.78 is 26.5. The van der Waals surface area contributed by atoms with Crippen LogP contribution in [0.2, 0.25) is 0 Å². The molecule has 9 heteroatoms. The summed E-state index contributed by atoms with van der Waals surface area (Å²) in [7, 11) is 0. The molecule has 1 unspecified atom stereocenters. The lowest BCUT2D eigenvalue weighted by Crippen LogP contribution is -2.48. The Labute approximate surface area is 202 Å². The van der Waals surface area contributed by atoms with Crippen molar-refractivity contribution in [3.63, 3.8) is 0 Å². The Morgan fingerprint density at radius 2 is 2.09 bits per heavy atom. The molecule has 2 aliphatic carbocycles. The SMILES string of the molecule is C=C(/C=C(\N=CN)N1CCN(CC2CCCO2)CC1)[C@@H]1NN[C@@H]2CC(F)=C(OC3(C)CC3)C[C@@H]21. The topological polar surface area (TPSA) is 87.4 Å². The second-order valence-electron chi connectivity index (χ2n) is 10.6. The Morgan fingerprint density at radius 1 is 1.29 bits per heavy atom. The molecule has 0 bridgehead atoms. The average Bonchev–Trinajstić information content (AvgIpc) is 3.18. The quantitative estimate of drug-likeness (QED) is 0.282. The summed E-state index contributed by atoms with van der Waals surface area (Å²) in [6.07, 6.45) is 8.99. The molecular formula is C25H39FN6O2. The van der Waals surface area contributed by atoms with E-state index >= 15 is 0 Å². The fraction of sp³-hybridized carbons (Fsp3) is 0.720. The van der Waals surface area contributed by atoms with Crippen LogP contribution in [0.4, 0.5) is 4.39 Å². The van der Waals surface area contributed by atoms with Crippen molar-refractivity contribution in [2.24, 2.45) is 16.6 Å². The van der Waals surface area contributed by atoms with Gasteiger partial charge in [0.05, 0.1) is 18.5 Å². The molecule has 3 aliphatic heterocycles. The molecule has 0 spiro atoms. The van der Waals surface area contributed by atoms with E-state index in [0.717, 1.165) is 63.6 Å². The Bertz CT molecular complexity index is 855. The summed E-state index contributed by atoms with van der Waals surface area (Å²) in [5, 5.41) is 0. The van der Waals surface area contributed by atoms with Crippen molar-refractivity contribution in [1.82, 2.24) is 20.7 Å². The van der Waals surface area contributed by atoms with Crippen molar-refractivity contribution in [3.8, 4) is 0 Å². The zero-order valence-electron chi connectivity index (χ0n) is 20.3. The van der Waals surface area contributed by atoms with Gasteiger partial charge >= 0.3 is 0 Å². The minimum Gasteiger partial charge on any atom is -0.489 e. The third kappa shape index (κ3) is 5.32. The third-order valence-corrected chi connectivity index (χ3v) is 7.92. The molecule has 0 aromatic heterocycles. The first-order valence-electron chi connectivity index (χ1n) is 12.8. The van der Waals surface area contributed by atoms with Crippen LogP contribution < -0.4 is 16.6 Å². The maximum atomic E-state index is 14.7. The Kier molecular flexibility index (Phi) is 6.97. The van der Waals surface area contributed by atoms with Gasteiger partial charge in [0.15, 0.2) is 0 Å². The maximum absolute atomic E-state index is 14.7. The van der Waals surface area contributed by atoms with E-state index in [4.69, 9.17) is 15.2 Å². The molecule has 5 aliphatic rings. The van der Waals surface area contributed by atoms with Gasteiger partial charge in [0.1, 0.15) is 23.0 Å². The molecule has 4 fully saturated rings. The number of nitrogens with one attached hydrogen (secondary N) is 2. The van der Waals surface area contributed by atoms with Gasteiger partial charge in [-0.3, -0.25) is 10.3 Å². The molecular weight excluding hydrogens is 435 g/mol. The molecule has 34 heavy (non-hydrogen) atoms. The monoisotopic (exact) mass is 474 g/mol. The van der Waals surface area contributed by atoms with Gasteiger partial charge in [-0.05, 0) is 44.3 Å². The zero-order chi connectivity index (χ0) is 23.7. The minimum absolute atomic E-state index is 0.0208. The van der Waals surface area contributed by atoms with Crippen LogP contribution in [0.5, 0.6) is 0 Å². The summed E-state index contributed by atoms with van der Waals surface area (Å²) in [6.45, 7) is 12.0. The van der Waals surface area contributed by atoms with Crippen molar-refractivity contribution in [2.75, 3.05) is 39.3 Å². The number of piperazine rings is 1. The van der Waals surface area contributed by atoms with Crippen LogP contribution >= 0.6 is 0 Å². The predicted molar refractivity (Wildman–Crippen MR) is 130 cm³/mol. The Morgan fingerprint density at radius 3 is 2.76 bits per heavy atom. The number of hydrogen-bond acceptors (Lipinski definition) is 7. The van der Waals surface area contributed by atoms with E-state index in [1.807, 2.05) is 6.08 Å². The highest BCUT2D eigenvalue weighted by atomic mass is 19.1. The Hall–Kier alpha value is -1.94. The first kappa shape index (κ1) is 23.8. The molecule has 0 aromatic carbocycles. The van der Waals surface area contributed by atoms with Gasteiger partial charge in [0, 0.05) is 64.1 Å². The summed E-state index contributed by atoms with van der Waals surface area (Å²) in [4.78, 5) is 9.21. The Balaban J connectivity index is 1.21.